The number of hydroxylamine groups is 1. The number of ether oxygens (including phenoxy) is 1. The Morgan fingerprint density at radius 3 is 2.63 bits per heavy atom. The average molecular weight is 397 g/mol. The molecule has 1 aromatic rings. The lowest BCUT2D eigenvalue weighted by molar-refractivity contribution is -0.129. The summed E-state index contributed by atoms with van der Waals surface area (Å²) in [6.07, 6.45) is 6.19. The number of carbonyl (C=O) groups is 2. The van der Waals surface area contributed by atoms with Crippen LogP contribution in [-0.2, 0) is 14.3 Å². The predicted octanol–water partition coefficient (Wildman–Crippen LogP) is 3.26. The molecule has 0 fully saturated rings. The summed E-state index contributed by atoms with van der Waals surface area (Å²) in [4.78, 5) is 23.5. The van der Waals surface area contributed by atoms with Crippen molar-refractivity contribution in [3.63, 3.8) is 0 Å². The van der Waals surface area contributed by atoms with E-state index in [4.69, 9.17) is 21.5 Å². The van der Waals surface area contributed by atoms with Gasteiger partial charge in [0.2, 0.25) is 5.91 Å². The molecule has 0 bridgehead atoms. The van der Waals surface area contributed by atoms with E-state index in [2.05, 4.69) is 5.32 Å². The third kappa shape index (κ3) is 7.03. The second-order valence-electron chi connectivity index (χ2n) is 6.04. The second-order valence-corrected chi connectivity index (χ2v) is 6.52. The minimum atomic E-state index is -0.454. The highest BCUT2D eigenvalue weighted by Crippen LogP contribution is 2.25. The Hall–Kier alpha value is -2.38. The summed E-state index contributed by atoms with van der Waals surface area (Å²) in [5, 5.41) is 11.2. The van der Waals surface area contributed by atoms with Gasteiger partial charge in [-0.05, 0) is 42.7 Å². The summed E-state index contributed by atoms with van der Waals surface area (Å²) < 4.78 is 18.6. The van der Waals surface area contributed by atoms with Gasteiger partial charge in [0, 0.05) is 19.4 Å². The summed E-state index contributed by atoms with van der Waals surface area (Å²) in [6, 6.07) is 5.64. The molecule has 1 aliphatic heterocycles. The fraction of sp³-hybridized carbons (Fsp3) is 0.368. The van der Waals surface area contributed by atoms with E-state index in [0.29, 0.717) is 42.7 Å². The molecule has 1 aromatic carbocycles. The van der Waals surface area contributed by atoms with Crippen molar-refractivity contribution >= 4 is 29.0 Å². The molecule has 146 valence electrons. The number of rotatable bonds is 9. The van der Waals surface area contributed by atoms with Crippen molar-refractivity contribution in [1.82, 2.24) is 10.8 Å². The van der Waals surface area contributed by atoms with Gasteiger partial charge in [-0.15, -0.1) is 0 Å². The molecule has 0 saturated heterocycles. The minimum Gasteiger partial charge on any atom is -0.475 e. The molecule has 0 aliphatic carbocycles. The Kier molecular flexibility index (Phi) is 8.29. The van der Waals surface area contributed by atoms with Crippen LogP contribution in [0.5, 0.6) is 0 Å². The zero-order valence-electron chi connectivity index (χ0n) is 14.7. The SMILES string of the molecule is O=C(CCCCCNC(=O)/C(=C\C1=CCC(Cl)O1)c1ccc(F)cc1)NO. The lowest BCUT2D eigenvalue weighted by atomic mass is 10.0. The zero-order valence-corrected chi connectivity index (χ0v) is 15.5. The van der Waals surface area contributed by atoms with E-state index in [0.717, 1.165) is 6.42 Å². The Bertz CT molecular complexity index is 719. The molecular weight excluding hydrogens is 375 g/mol. The molecule has 2 amide bonds. The molecule has 6 nitrogen and oxygen atoms in total. The molecule has 27 heavy (non-hydrogen) atoms. The van der Waals surface area contributed by atoms with Gasteiger partial charge in [0.1, 0.15) is 11.6 Å². The fourth-order valence-electron chi connectivity index (χ4n) is 2.54. The van der Waals surface area contributed by atoms with Gasteiger partial charge in [-0.25, -0.2) is 9.87 Å². The number of amides is 2. The zero-order chi connectivity index (χ0) is 19.6. The Morgan fingerprint density at radius 2 is 2.00 bits per heavy atom. The van der Waals surface area contributed by atoms with Crippen LogP contribution >= 0.6 is 11.6 Å². The maximum absolute atomic E-state index is 13.2. The van der Waals surface area contributed by atoms with Gasteiger partial charge < -0.3 is 10.1 Å². The standard InChI is InChI=1S/C19H22ClFN2O4/c20-17-10-9-15(27-17)12-16(13-5-7-14(21)8-6-13)19(25)22-11-3-1-2-4-18(24)23-26/h5-9,12,17,26H,1-4,10-11H2,(H,22,25)(H,23,24)/b16-12-. The molecule has 1 aliphatic rings. The van der Waals surface area contributed by atoms with Gasteiger partial charge in [-0.2, -0.15) is 0 Å². The van der Waals surface area contributed by atoms with Crippen molar-refractivity contribution in [3.8, 4) is 0 Å². The molecule has 3 N–H and O–H groups in total. The predicted molar refractivity (Wildman–Crippen MR) is 99.2 cm³/mol. The van der Waals surface area contributed by atoms with Crippen LogP contribution in [0.4, 0.5) is 4.39 Å². The van der Waals surface area contributed by atoms with Crippen molar-refractivity contribution in [3.05, 3.63) is 53.6 Å². The summed E-state index contributed by atoms with van der Waals surface area (Å²) in [5.74, 6) is -0.623. The highest BCUT2D eigenvalue weighted by molar-refractivity contribution is 6.21. The topological polar surface area (TPSA) is 87.7 Å². The van der Waals surface area contributed by atoms with E-state index >= 15 is 0 Å². The second kappa shape index (κ2) is 10.7. The van der Waals surface area contributed by atoms with Crippen LogP contribution in [0, 0.1) is 5.82 Å². The van der Waals surface area contributed by atoms with E-state index in [1.54, 1.807) is 17.6 Å². The van der Waals surface area contributed by atoms with Crippen LogP contribution in [0.15, 0.2) is 42.2 Å². The van der Waals surface area contributed by atoms with E-state index in [1.807, 2.05) is 0 Å². The Balaban J connectivity index is 1.94. The molecule has 0 saturated carbocycles. The first-order chi connectivity index (χ1) is 13.0. The summed E-state index contributed by atoms with van der Waals surface area (Å²) in [5.41, 5.74) is 2.04. The number of hydrogen-bond acceptors (Lipinski definition) is 4. The summed E-state index contributed by atoms with van der Waals surface area (Å²) >= 11 is 5.90. The van der Waals surface area contributed by atoms with Crippen LogP contribution < -0.4 is 10.8 Å². The van der Waals surface area contributed by atoms with Crippen molar-refractivity contribution in [2.24, 2.45) is 0 Å². The summed E-state index contributed by atoms with van der Waals surface area (Å²) in [7, 11) is 0. The highest BCUT2D eigenvalue weighted by Gasteiger charge is 2.18. The highest BCUT2D eigenvalue weighted by atomic mass is 35.5. The number of alkyl halides is 1. The normalized spacial score (nSPS) is 16.5. The first kappa shape index (κ1) is 20.9. The number of allylic oxidation sites excluding steroid dienone is 1. The molecule has 2 rings (SSSR count). The maximum Gasteiger partial charge on any atom is 0.252 e. The molecular formula is C19H22ClFN2O4. The van der Waals surface area contributed by atoms with Gasteiger partial charge in [0.05, 0.1) is 5.57 Å². The van der Waals surface area contributed by atoms with Crippen molar-refractivity contribution in [2.75, 3.05) is 6.54 Å². The van der Waals surface area contributed by atoms with E-state index in [1.165, 1.54) is 24.3 Å². The van der Waals surface area contributed by atoms with Crippen molar-refractivity contribution < 1.29 is 23.9 Å². The smallest absolute Gasteiger partial charge is 0.252 e. The number of benzene rings is 1. The molecule has 1 unspecified atom stereocenters. The van der Waals surface area contributed by atoms with Gasteiger partial charge in [0.25, 0.3) is 5.91 Å². The molecule has 0 aromatic heterocycles. The minimum absolute atomic E-state index is 0.232. The van der Waals surface area contributed by atoms with Gasteiger partial charge in [-0.3, -0.25) is 14.8 Å². The van der Waals surface area contributed by atoms with Crippen molar-refractivity contribution in [1.29, 1.82) is 0 Å². The third-order valence-corrected chi connectivity index (χ3v) is 4.21. The molecule has 8 heteroatoms. The molecule has 0 radical (unpaired) electrons. The number of hydrogen-bond donors (Lipinski definition) is 3. The first-order valence-corrected chi connectivity index (χ1v) is 9.13. The van der Waals surface area contributed by atoms with Gasteiger partial charge in [-0.1, -0.05) is 30.2 Å². The quantitative estimate of drug-likeness (QED) is 0.196. The molecule has 1 atom stereocenters. The number of halogens is 2. The third-order valence-electron chi connectivity index (χ3n) is 3.95. The molecule has 0 spiro atoms. The van der Waals surface area contributed by atoms with E-state index < -0.39 is 11.5 Å². The largest absolute Gasteiger partial charge is 0.475 e. The van der Waals surface area contributed by atoms with Crippen LogP contribution in [0.25, 0.3) is 5.57 Å². The van der Waals surface area contributed by atoms with E-state index in [9.17, 15) is 14.0 Å². The van der Waals surface area contributed by atoms with Crippen LogP contribution in [0.1, 0.15) is 37.7 Å². The van der Waals surface area contributed by atoms with Gasteiger partial charge >= 0.3 is 0 Å². The molecule has 1 heterocycles. The maximum atomic E-state index is 13.2. The summed E-state index contributed by atoms with van der Waals surface area (Å²) in [6.45, 7) is 0.427. The lowest BCUT2D eigenvalue weighted by Crippen LogP contribution is -2.25. The number of unbranched alkanes of at least 4 members (excludes halogenated alkanes) is 2. The number of carbonyl (C=O) groups excluding carboxylic acids is 2. The lowest BCUT2D eigenvalue weighted by Gasteiger charge is -2.11. The first-order valence-electron chi connectivity index (χ1n) is 8.69. The van der Waals surface area contributed by atoms with Crippen molar-refractivity contribution in [2.45, 2.75) is 37.7 Å². The van der Waals surface area contributed by atoms with Gasteiger partial charge in [0.15, 0.2) is 5.56 Å². The Morgan fingerprint density at radius 1 is 1.26 bits per heavy atom. The van der Waals surface area contributed by atoms with Crippen LogP contribution in [0.3, 0.4) is 0 Å². The average Bonchev–Trinajstić information content (AvgIpc) is 3.08. The number of nitrogens with one attached hydrogen (secondary N) is 2. The van der Waals surface area contributed by atoms with Crippen LogP contribution in [0.2, 0.25) is 0 Å². The van der Waals surface area contributed by atoms with E-state index in [-0.39, 0.29) is 18.1 Å². The van der Waals surface area contributed by atoms with Crippen LogP contribution in [-0.4, -0.2) is 29.1 Å². The Labute approximate surface area is 162 Å². The fourth-order valence-corrected chi connectivity index (χ4v) is 2.73. The monoisotopic (exact) mass is 396 g/mol.